The summed E-state index contributed by atoms with van der Waals surface area (Å²) in [4.78, 5) is 24.3. The number of para-hydroxylation sites is 2. The van der Waals surface area contributed by atoms with Gasteiger partial charge in [0.1, 0.15) is 11.5 Å². The Morgan fingerprint density at radius 2 is 1.59 bits per heavy atom. The first-order chi connectivity index (χ1) is 14.1. The Labute approximate surface area is 169 Å². The molecule has 0 bridgehead atoms. The first kappa shape index (κ1) is 19.9. The van der Waals surface area contributed by atoms with E-state index in [0.717, 1.165) is 0 Å². The summed E-state index contributed by atoms with van der Waals surface area (Å²) in [5.41, 5.74) is 6.89. The van der Waals surface area contributed by atoms with E-state index in [9.17, 15) is 9.59 Å². The van der Waals surface area contributed by atoms with Crippen molar-refractivity contribution in [1.82, 2.24) is 0 Å². The molecule has 0 radical (unpaired) electrons. The number of hydrogen-bond acceptors (Lipinski definition) is 4. The van der Waals surface area contributed by atoms with Crippen LogP contribution in [-0.2, 0) is 4.79 Å². The third-order valence-corrected chi connectivity index (χ3v) is 4.18. The topological polar surface area (TPSA) is 90.7 Å². The molecule has 0 spiro atoms. The number of nitrogens with two attached hydrogens (primary N) is 1. The zero-order chi connectivity index (χ0) is 20.6. The molecule has 148 valence electrons. The predicted molar refractivity (Wildman–Crippen MR) is 111 cm³/mol. The largest absolute Gasteiger partial charge is 0.492 e. The summed E-state index contributed by atoms with van der Waals surface area (Å²) in [6, 6.07) is 22.7. The van der Waals surface area contributed by atoms with Gasteiger partial charge in [0, 0.05) is 11.1 Å². The molecule has 0 fully saturated rings. The molecule has 1 atom stereocenters. The van der Waals surface area contributed by atoms with E-state index >= 15 is 0 Å². The summed E-state index contributed by atoms with van der Waals surface area (Å²) in [5.74, 6) is 0.154. The van der Waals surface area contributed by atoms with Gasteiger partial charge in [0.15, 0.2) is 0 Å². The van der Waals surface area contributed by atoms with Gasteiger partial charge in [-0.1, -0.05) is 42.5 Å². The Morgan fingerprint density at radius 1 is 0.931 bits per heavy atom. The molecule has 3 rings (SSSR count). The summed E-state index contributed by atoms with van der Waals surface area (Å²) in [7, 11) is 0. The van der Waals surface area contributed by atoms with Gasteiger partial charge in [-0.3, -0.25) is 9.59 Å². The van der Waals surface area contributed by atoms with Crippen molar-refractivity contribution >= 4 is 17.5 Å². The van der Waals surface area contributed by atoms with Crippen molar-refractivity contribution in [2.24, 2.45) is 5.73 Å². The Hall–Kier alpha value is -3.80. The van der Waals surface area contributed by atoms with E-state index in [1.165, 1.54) is 0 Å². The number of anilines is 1. The Balaban J connectivity index is 1.86. The number of ether oxygens (including phenoxy) is 2. The number of benzene rings is 3. The maximum absolute atomic E-state index is 13.1. The zero-order valence-electron chi connectivity index (χ0n) is 16.0. The molecule has 0 aliphatic heterocycles. The zero-order valence-corrected chi connectivity index (χ0v) is 16.0. The molecule has 0 heterocycles. The van der Waals surface area contributed by atoms with Crippen LogP contribution in [-0.4, -0.2) is 18.4 Å². The molecule has 3 aromatic rings. The van der Waals surface area contributed by atoms with Gasteiger partial charge in [-0.2, -0.15) is 0 Å². The van der Waals surface area contributed by atoms with Crippen LogP contribution in [0.3, 0.4) is 0 Å². The van der Waals surface area contributed by atoms with Crippen LogP contribution in [0.25, 0.3) is 0 Å². The summed E-state index contributed by atoms with van der Waals surface area (Å²) in [6.45, 7) is 2.36. The normalized spacial score (nSPS) is 11.3. The van der Waals surface area contributed by atoms with Crippen molar-refractivity contribution in [3.63, 3.8) is 0 Å². The molecule has 0 aliphatic rings. The smallest absolute Gasteiger partial charge is 0.270 e. The van der Waals surface area contributed by atoms with E-state index in [1.54, 1.807) is 36.4 Å². The van der Waals surface area contributed by atoms with E-state index in [0.29, 0.717) is 34.9 Å². The maximum Gasteiger partial charge on any atom is 0.270 e. The summed E-state index contributed by atoms with van der Waals surface area (Å²) in [6.07, 6.45) is -0.898. The van der Waals surface area contributed by atoms with Crippen LogP contribution in [0.4, 0.5) is 5.69 Å². The van der Waals surface area contributed by atoms with Crippen molar-refractivity contribution in [3.8, 4) is 11.5 Å². The standard InChI is InChI=1S/C23H22N2O4/c1-2-28-20-11-7-6-10-19(20)25-23(27)21(16-8-4-3-5-9-16)29-18-14-12-17(13-15-18)22(24)26/h3-15,21H,2H2,1H3,(H2,24,26)(H,25,27)/t21-/m1/s1. The third-order valence-electron chi connectivity index (χ3n) is 4.18. The van der Waals surface area contributed by atoms with Gasteiger partial charge in [-0.05, 0) is 43.3 Å². The summed E-state index contributed by atoms with van der Waals surface area (Å²) >= 11 is 0. The fraction of sp³-hybridized carbons (Fsp3) is 0.130. The first-order valence-corrected chi connectivity index (χ1v) is 9.22. The maximum atomic E-state index is 13.1. The van der Waals surface area contributed by atoms with E-state index < -0.39 is 12.0 Å². The number of primary amides is 1. The molecule has 0 saturated carbocycles. The predicted octanol–water partition coefficient (Wildman–Crippen LogP) is 3.94. The minimum atomic E-state index is -0.898. The van der Waals surface area contributed by atoms with Crippen LogP contribution in [0.5, 0.6) is 11.5 Å². The molecule has 3 N–H and O–H groups in total. The molecule has 0 saturated heterocycles. The monoisotopic (exact) mass is 390 g/mol. The Kier molecular flexibility index (Phi) is 6.47. The highest BCUT2D eigenvalue weighted by atomic mass is 16.5. The van der Waals surface area contributed by atoms with Gasteiger partial charge in [0.2, 0.25) is 12.0 Å². The quantitative estimate of drug-likeness (QED) is 0.609. The number of hydrogen-bond donors (Lipinski definition) is 2. The summed E-state index contributed by atoms with van der Waals surface area (Å²) < 4.78 is 11.5. The minimum Gasteiger partial charge on any atom is -0.492 e. The van der Waals surface area contributed by atoms with Gasteiger partial charge in [0.05, 0.1) is 12.3 Å². The van der Waals surface area contributed by atoms with Crippen molar-refractivity contribution in [1.29, 1.82) is 0 Å². The highest BCUT2D eigenvalue weighted by Gasteiger charge is 2.24. The second kappa shape index (κ2) is 9.41. The van der Waals surface area contributed by atoms with Gasteiger partial charge in [-0.15, -0.1) is 0 Å². The number of rotatable bonds is 8. The van der Waals surface area contributed by atoms with Gasteiger partial charge in [-0.25, -0.2) is 0 Å². The highest BCUT2D eigenvalue weighted by molar-refractivity contribution is 5.96. The first-order valence-electron chi connectivity index (χ1n) is 9.22. The van der Waals surface area contributed by atoms with Crippen LogP contribution in [0.15, 0.2) is 78.9 Å². The van der Waals surface area contributed by atoms with E-state index in [1.807, 2.05) is 49.4 Å². The number of nitrogens with one attached hydrogen (secondary N) is 1. The van der Waals surface area contributed by atoms with Crippen LogP contribution in [0.1, 0.15) is 28.9 Å². The average Bonchev–Trinajstić information content (AvgIpc) is 2.74. The Bertz CT molecular complexity index is 972. The molecule has 0 aliphatic carbocycles. The van der Waals surface area contributed by atoms with Crippen molar-refractivity contribution in [3.05, 3.63) is 90.0 Å². The van der Waals surface area contributed by atoms with Crippen LogP contribution in [0, 0.1) is 0 Å². The molecule has 0 aromatic heterocycles. The molecule has 6 heteroatoms. The van der Waals surface area contributed by atoms with E-state index in [4.69, 9.17) is 15.2 Å². The van der Waals surface area contributed by atoms with Crippen LogP contribution >= 0.6 is 0 Å². The van der Waals surface area contributed by atoms with E-state index in [2.05, 4.69) is 5.32 Å². The molecular weight excluding hydrogens is 368 g/mol. The number of carbonyl (C=O) groups excluding carboxylic acids is 2. The van der Waals surface area contributed by atoms with E-state index in [-0.39, 0.29) is 5.91 Å². The fourth-order valence-electron chi connectivity index (χ4n) is 2.78. The molecular formula is C23H22N2O4. The van der Waals surface area contributed by atoms with Gasteiger partial charge < -0.3 is 20.5 Å². The van der Waals surface area contributed by atoms with Crippen LogP contribution in [0.2, 0.25) is 0 Å². The lowest BCUT2D eigenvalue weighted by Crippen LogP contribution is -2.26. The lowest BCUT2D eigenvalue weighted by Gasteiger charge is -2.20. The molecule has 3 aromatic carbocycles. The SMILES string of the molecule is CCOc1ccccc1NC(=O)[C@H](Oc1ccc(C(N)=O)cc1)c1ccccc1. The fourth-order valence-corrected chi connectivity index (χ4v) is 2.78. The van der Waals surface area contributed by atoms with Crippen molar-refractivity contribution in [2.75, 3.05) is 11.9 Å². The molecule has 2 amide bonds. The average molecular weight is 390 g/mol. The second-order valence-electron chi connectivity index (χ2n) is 6.22. The minimum absolute atomic E-state index is 0.345. The lowest BCUT2D eigenvalue weighted by atomic mass is 10.1. The van der Waals surface area contributed by atoms with Crippen LogP contribution < -0.4 is 20.5 Å². The third kappa shape index (κ3) is 5.13. The highest BCUT2D eigenvalue weighted by Crippen LogP contribution is 2.28. The van der Waals surface area contributed by atoms with Gasteiger partial charge in [0.25, 0.3) is 5.91 Å². The van der Waals surface area contributed by atoms with Gasteiger partial charge >= 0.3 is 0 Å². The van der Waals surface area contributed by atoms with Crippen molar-refractivity contribution < 1.29 is 19.1 Å². The molecule has 0 unspecified atom stereocenters. The molecule has 29 heavy (non-hydrogen) atoms. The lowest BCUT2D eigenvalue weighted by molar-refractivity contribution is -0.123. The molecule has 6 nitrogen and oxygen atoms in total. The Morgan fingerprint density at radius 3 is 2.24 bits per heavy atom. The second-order valence-corrected chi connectivity index (χ2v) is 6.22. The number of amides is 2. The summed E-state index contributed by atoms with van der Waals surface area (Å²) in [5, 5.41) is 2.88. The number of carbonyl (C=O) groups is 2. The van der Waals surface area contributed by atoms with Crippen molar-refractivity contribution in [2.45, 2.75) is 13.0 Å².